The highest BCUT2D eigenvalue weighted by Gasteiger charge is 2.49. The summed E-state index contributed by atoms with van der Waals surface area (Å²) in [6, 6.07) is 21.0. The van der Waals surface area contributed by atoms with E-state index < -0.39 is 24.5 Å². The highest BCUT2D eigenvalue weighted by atomic mass is 16.6. The minimum Gasteiger partial charge on any atom is -0.458 e. The van der Waals surface area contributed by atoms with E-state index in [0.29, 0.717) is 35.3 Å². The fraction of sp³-hybridized carbons (Fsp3) is 0.375. The molecule has 0 unspecified atom stereocenters. The maximum absolute atomic E-state index is 11.4. The van der Waals surface area contributed by atoms with Gasteiger partial charge in [-0.25, -0.2) is 9.97 Å². The lowest BCUT2D eigenvalue weighted by atomic mass is 9.91. The number of nitrogens with one attached hydrogen (secondary N) is 3. The van der Waals surface area contributed by atoms with E-state index >= 15 is 0 Å². The largest absolute Gasteiger partial charge is 0.458 e. The summed E-state index contributed by atoms with van der Waals surface area (Å²) < 4.78 is 13.1. The number of H-pyrrole nitrogens is 1. The lowest BCUT2D eigenvalue weighted by Crippen LogP contribution is -2.33. The van der Waals surface area contributed by atoms with Crippen LogP contribution in [0.15, 0.2) is 73.3 Å². The van der Waals surface area contributed by atoms with Gasteiger partial charge in [0, 0.05) is 24.5 Å². The van der Waals surface area contributed by atoms with Gasteiger partial charge in [-0.1, -0.05) is 60.7 Å². The maximum Gasteiger partial charge on any atom is 0.293 e. The smallest absolute Gasteiger partial charge is 0.293 e. The van der Waals surface area contributed by atoms with Gasteiger partial charge in [0.05, 0.1) is 6.33 Å². The third-order valence-electron chi connectivity index (χ3n) is 8.81. The fourth-order valence-electron chi connectivity index (χ4n) is 6.40. The number of benzene rings is 2. The van der Waals surface area contributed by atoms with Gasteiger partial charge in [-0.3, -0.25) is 14.5 Å². The standard InChI is InChI=1S/C32H36N10O4/c33-21-11-13-22(14-12-21)38-32-39-28(34-15-23(19-7-3-1-4-8-19)20-9-5-2-6-10-20)24-30(40-32)42(17-36-24)31-25(44)26(45-18-43)27(46-31)29-35-16-37-41-29/h1-10,16-18,21-23,25-27,31,44H,11-15,33H2,(H,35,37,41)(H2,34,38,39,40)/t21?,22?,25-,26+,27+,31-/m1/s1. The van der Waals surface area contributed by atoms with Crippen LogP contribution in [0.1, 0.15) is 60.9 Å². The van der Waals surface area contributed by atoms with Gasteiger partial charge in [-0.15, -0.1) is 0 Å². The Kier molecular flexibility index (Phi) is 8.55. The molecule has 7 rings (SSSR count). The van der Waals surface area contributed by atoms with Crippen molar-refractivity contribution < 1.29 is 19.4 Å². The number of aliphatic hydroxyl groups excluding tert-OH is 1. The van der Waals surface area contributed by atoms with Crippen molar-refractivity contribution in [1.82, 2.24) is 34.7 Å². The zero-order valence-corrected chi connectivity index (χ0v) is 25.0. The second kappa shape index (κ2) is 13.2. The van der Waals surface area contributed by atoms with Gasteiger partial charge in [0.2, 0.25) is 5.95 Å². The number of aromatic amines is 1. The van der Waals surface area contributed by atoms with Gasteiger partial charge in [-0.05, 0) is 36.8 Å². The van der Waals surface area contributed by atoms with Crippen LogP contribution in [0.3, 0.4) is 0 Å². The molecule has 2 fully saturated rings. The van der Waals surface area contributed by atoms with Crippen LogP contribution < -0.4 is 16.4 Å². The van der Waals surface area contributed by atoms with E-state index in [1.54, 1.807) is 10.9 Å². The molecule has 6 N–H and O–H groups in total. The van der Waals surface area contributed by atoms with Gasteiger partial charge in [0.1, 0.15) is 12.4 Å². The Hall–Kier alpha value is -4.92. The number of carbonyl (C=O) groups is 1. The molecule has 14 heteroatoms. The Morgan fingerprint density at radius 2 is 1.76 bits per heavy atom. The lowest BCUT2D eigenvalue weighted by molar-refractivity contribution is -0.140. The number of rotatable bonds is 11. The number of aliphatic hydroxyl groups is 1. The number of imidazole rings is 1. The minimum atomic E-state index is -1.25. The van der Waals surface area contributed by atoms with Crippen LogP contribution in [0.5, 0.6) is 0 Å². The highest BCUT2D eigenvalue weighted by molar-refractivity contribution is 5.84. The molecule has 1 aliphatic heterocycles. The van der Waals surface area contributed by atoms with E-state index in [1.165, 1.54) is 6.33 Å². The molecule has 0 bridgehead atoms. The topological polar surface area (TPSA) is 191 Å². The first-order valence-electron chi connectivity index (χ1n) is 15.5. The van der Waals surface area contributed by atoms with Gasteiger partial charge in [0.25, 0.3) is 6.47 Å². The molecule has 3 aromatic heterocycles. The van der Waals surface area contributed by atoms with E-state index in [9.17, 15) is 9.90 Å². The van der Waals surface area contributed by atoms with Crippen LogP contribution in [-0.4, -0.2) is 77.1 Å². The predicted octanol–water partition coefficient (Wildman–Crippen LogP) is 3.04. The monoisotopic (exact) mass is 624 g/mol. The molecule has 5 aromatic rings. The first kappa shape index (κ1) is 29.8. The number of anilines is 2. The normalized spacial score (nSPS) is 24.7. The number of fused-ring (bicyclic) bond motifs is 1. The molecule has 2 aromatic carbocycles. The summed E-state index contributed by atoms with van der Waals surface area (Å²) in [6.07, 6.45) is 2.36. The van der Waals surface area contributed by atoms with Crippen LogP contribution in [0, 0.1) is 0 Å². The van der Waals surface area contributed by atoms with E-state index in [0.717, 1.165) is 36.8 Å². The molecule has 14 nitrogen and oxygen atoms in total. The van der Waals surface area contributed by atoms with Crippen molar-refractivity contribution in [3.63, 3.8) is 0 Å². The number of hydrogen-bond acceptors (Lipinski definition) is 12. The Labute approximate surface area is 264 Å². The van der Waals surface area contributed by atoms with E-state index in [-0.39, 0.29) is 24.5 Å². The molecular formula is C32H36N10O4. The molecule has 238 valence electrons. The maximum atomic E-state index is 11.4. The van der Waals surface area contributed by atoms with Gasteiger partial charge < -0.3 is 30.9 Å². The Morgan fingerprint density at radius 3 is 2.41 bits per heavy atom. The van der Waals surface area contributed by atoms with Crippen molar-refractivity contribution in [3.05, 3.63) is 90.3 Å². The SMILES string of the molecule is NC1CCC(Nc2nc(NCC(c3ccccc3)c3ccccc3)c3ncn([C@@H]4O[C@H](c5ncn[nH]5)[C@@H](OC=O)[C@H]4O)c3n2)CC1. The van der Waals surface area contributed by atoms with E-state index in [4.69, 9.17) is 25.2 Å². The van der Waals surface area contributed by atoms with Crippen LogP contribution in [0.4, 0.5) is 11.8 Å². The van der Waals surface area contributed by atoms with Gasteiger partial charge in [0.15, 0.2) is 41.2 Å². The highest BCUT2D eigenvalue weighted by Crippen LogP contribution is 2.40. The molecular weight excluding hydrogens is 588 g/mol. The summed E-state index contributed by atoms with van der Waals surface area (Å²) in [7, 11) is 0. The van der Waals surface area contributed by atoms with Gasteiger partial charge in [-0.2, -0.15) is 15.1 Å². The van der Waals surface area contributed by atoms with Crippen molar-refractivity contribution in [2.75, 3.05) is 17.2 Å². The lowest BCUT2D eigenvalue weighted by Gasteiger charge is -2.27. The number of nitrogens with two attached hydrogens (primary N) is 1. The third-order valence-corrected chi connectivity index (χ3v) is 8.81. The van der Waals surface area contributed by atoms with Crippen molar-refractivity contribution in [3.8, 4) is 0 Å². The first-order valence-corrected chi connectivity index (χ1v) is 15.5. The van der Waals surface area contributed by atoms with Crippen LogP contribution >= 0.6 is 0 Å². The molecule has 4 heterocycles. The molecule has 0 spiro atoms. The molecule has 1 saturated carbocycles. The van der Waals surface area contributed by atoms with E-state index in [1.807, 2.05) is 36.4 Å². The summed E-state index contributed by atoms with van der Waals surface area (Å²) in [5, 5.41) is 25.0. The third kappa shape index (κ3) is 6.01. The number of nitrogens with zero attached hydrogens (tertiary/aromatic N) is 6. The summed E-state index contributed by atoms with van der Waals surface area (Å²) >= 11 is 0. The number of hydrogen-bond donors (Lipinski definition) is 5. The number of aromatic nitrogens is 7. The molecule has 1 saturated heterocycles. The van der Waals surface area contributed by atoms with Crippen LogP contribution in [0.2, 0.25) is 0 Å². The molecule has 46 heavy (non-hydrogen) atoms. The minimum absolute atomic E-state index is 0.0367. The molecule has 2 aliphatic rings. The Morgan fingerprint density at radius 1 is 1.04 bits per heavy atom. The predicted molar refractivity (Wildman–Crippen MR) is 169 cm³/mol. The fourth-order valence-corrected chi connectivity index (χ4v) is 6.40. The van der Waals surface area contributed by atoms with Gasteiger partial charge >= 0.3 is 0 Å². The average molecular weight is 625 g/mol. The van der Waals surface area contributed by atoms with Crippen molar-refractivity contribution >= 4 is 29.4 Å². The summed E-state index contributed by atoms with van der Waals surface area (Å²) in [6.45, 7) is 0.823. The van der Waals surface area contributed by atoms with Crippen molar-refractivity contribution in [2.24, 2.45) is 5.73 Å². The number of carbonyl (C=O) groups excluding carboxylic acids is 1. The average Bonchev–Trinajstić information content (AvgIpc) is 3.84. The van der Waals surface area contributed by atoms with Crippen molar-refractivity contribution in [2.45, 2.75) is 68.2 Å². The summed E-state index contributed by atoms with van der Waals surface area (Å²) in [4.78, 5) is 29.9. The first-order chi connectivity index (χ1) is 22.6. The molecule has 0 amide bonds. The second-order valence-corrected chi connectivity index (χ2v) is 11.7. The molecule has 0 radical (unpaired) electrons. The summed E-state index contributed by atoms with van der Waals surface area (Å²) in [5.41, 5.74) is 9.43. The zero-order chi connectivity index (χ0) is 31.5. The quantitative estimate of drug-likeness (QED) is 0.135. The zero-order valence-electron chi connectivity index (χ0n) is 25.0. The Balaban J connectivity index is 1.24. The molecule has 1 aliphatic carbocycles. The number of ether oxygens (including phenoxy) is 2. The van der Waals surface area contributed by atoms with Crippen molar-refractivity contribution in [1.29, 1.82) is 0 Å². The van der Waals surface area contributed by atoms with E-state index in [2.05, 4.69) is 55.1 Å². The van der Waals surface area contributed by atoms with Crippen LogP contribution in [0.25, 0.3) is 11.2 Å². The second-order valence-electron chi connectivity index (χ2n) is 11.7. The molecule has 4 atom stereocenters. The summed E-state index contributed by atoms with van der Waals surface area (Å²) in [5.74, 6) is 1.32. The Bertz CT molecular complexity index is 1690. The van der Waals surface area contributed by atoms with Crippen LogP contribution in [-0.2, 0) is 14.3 Å².